The normalized spacial score (nSPS) is 29.1. The van der Waals surface area contributed by atoms with E-state index < -0.39 is 0 Å². The zero-order valence-electron chi connectivity index (χ0n) is 8.39. The van der Waals surface area contributed by atoms with Crippen molar-refractivity contribution in [2.75, 3.05) is 25.1 Å². The third kappa shape index (κ3) is 4.57. The molecule has 2 unspecified atom stereocenters. The van der Waals surface area contributed by atoms with E-state index in [4.69, 9.17) is 11.6 Å². The molecule has 0 aliphatic heterocycles. The van der Waals surface area contributed by atoms with Crippen LogP contribution in [0, 0.1) is 5.92 Å². The van der Waals surface area contributed by atoms with Gasteiger partial charge in [0.1, 0.15) is 0 Å². The van der Waals surface area contributed by atoms with E-state index in [1.54, 1.807) is 0 Å². The number of hydrogen-bond acceptors (Lipinski definition) is 2. The van der Waals surface area contributed by atoms with Gasteiger partial charge in [0.25, 0.3) is 0 Å². The van der Waals surface area contributed by atoms with Crippen LogP contribution in [0.3, 0.4) is 0 Å². The summed E-state index contributed by atoms with van der Waals surface area (Å²) in [4.78, 5) is 0. The summed E-state index contributed by atoms with van der Waals surface area (Å²) in [6.45, 7) is 2.25. The SMILES string of the molecule is CSCCNCC1CCCCC1Cl. The zero-order valence-corrected chi connectivity index (χ0v) is 9.96. The minimum absolute atomic E-state index is 0.426. The molecule has 3 heteroatoms. The smallest absolute Gasteiger partial charge is 0.0376 e. The van der Waals surface area contributed by atoms with Gasteiger partial charge in [-0.05, 0) is 31.6 Å². The third-order valence-electron chi connectivity index (χ3n) is 2.71. The second-order valence-corrected chi connectivity index (χ2v) is 5.30. The average molecular weight is 222 g/mol. The molecule has 0 saturated heterocycles. The standard InChI is InChI=1S/C10H20ClNS/c1-13-7-6-12-8-9-4-2-3-5-10(9)11/h9-10,12H,2-8H2,1H3. The van der Waals surface area contributed by atoms with E-state index in [0.29, 0.717) is 5.38 Å². The topological polar surface area (TPSA) is 12.0 Å². The van der Waals surface area contributed by atoms with Crippen LogP contribution in [0.5, 0.6) is 0 Å². The third-order valence-corrected chi connectivity index (χ3v) is 3.89. The summed E-state index contributed by atoms with van der Waals surface area (Å²) in [7, 11) is 0. The Morgan fingerprint density at radius 1 is 1.38 bits per heavy atom. The summed E-state index contributed by atoms with van der Waals surface area (Å²) in [6, 6.07) is 0. The second-order valence-electron chi connectivity index (χ2n) is 3.76. The van der Waals surface area contributed by atoms with Crippen LogP contribution >= 0.6 is 23.4 Å². The highest BCUT2D eigenvalue weighted by atomic mass is 35.5. The molecule has 1 fully saturated rings. The van der Waals surface area contributed by atoms with Crippen LogP contribution in [-0.4, -0.2) is 30.5 Å². The first-order chi connectivity index (χ1) is 6.34. The predicted octanol–water partition coefficient (Wildman–Crippen LogP) is 2.74. The summed E-state index contributed by atoms with van der Waals surface area (Å²) in [5.41, 5.74) is 0. The molecule has 1 N–H and O–H groups in total. The molecule has 0 amide bonds. The molecule has 1 rings (SSSR count). The molecule has 0 aromatic rings. The van der Waals surface area contributed by atoms with E-state index in [1.807, 2.05) is 11.8 Å². The van der Waals surface area contributed by atoms with Crippen molar-refractivity contribution in [1.29, 1.82) is 0 Å². The molecule has 2 atom stereocenters. The highest BCUT2D eigenvalue weighted by Crippen LogP contribution is 2.27. The predicted molar refractivity (Wildman–Crippen MR) is 62.9 cm³/mol. The lowest BCUT2D eigenvalue weighted by atomic mass is 9.89. The molecule has 0 aromatic heterocycles. The molecule has 0 radical (unpaired) electrons. The minimum atomic E-state index is 0.426. The van der Waals surface area contributed by atoms with Crippen molar-refractivity contribution < 1.29 is 0 Å². The lowest BCUT2D eigenvalue weighted by molar-refractivity contribution is 0.352. The molecule has 0 heterocycles. The van der Waals surface area contributed by atoms with Crippen molar-refractivity contribution in [3.8, 4) is 0 Å². The van der Waals surface area contributed by atoms with Gasteiger partial charge < -0.3 is 5.32 Å². The number of nitrogens with one attached hydrogen (secondary N) is 1. The van der Waals surface area contributed by atoms with Gasteiger partial charge in [-0.15, -0.1) is 11.6 Å². The van der Waals surface area contributed by atoms with E-state index >= 15 is 0 Å². The van der Waals surface area contributed by atoms with E-state index in [0.717, 1.165) is 19.0 Å². The molecule has 13 heavy (non-hydrogen) atoms. The molecule has 1 saturated carbocycles. The Balaban J connectivity index is 2.05. The zero-order chi connectivity index (χ0) is 9.52. The Bertz CT molecular complexity index is 132. The van der Waals surface area contributed by atoms with Gasteiger partial charge in [0.05, 0.1) is 0 Å². The fourth-order valence-corrected chi connectivity index (χ4v) is 2.57. The Kier molecular flexibility index (Phi) is 6.26. The van der Waals surface area contributed by atoms with Gasteiger partial charge in [0.15, 0.2) is 0 Å². The summed E-state index contributed by atoms with van der Waals surface area (Å²) in [5.74, 6) is 1.93. The Hall–Kier alpha value is 0.600. The van der Waals surface area contributed by atoms with E-state index in [-0.39, 0.29) is 0 Å². The monoisotopic (exact) mass is 221 g/mol. The van der Waals surface area contributed by atoms with Crippen LogP contribution in [0.2, 0.25) is 0 Å². The van der Waals surface area contributed by atoms with E-state index in [1.165, 1.54) is 31.4 Å². The van der Waals surface area contributed by atoms with Crippen molar-refractivity contribution in [2.45, 2.75) is 31.1 Å². The Labute approximate surface area is 91.0 Å². The summed E-state index contributed by atoms with van der Waals surface area (Å²) in [6.07, 6.45) is 7.39. The lowest BCUT2D eigenvalue weighted by Crippen LogP contribution is -2.32. The van der Waals surface area contributed by atoms with Crippen molar-refractivity contribution in [3.05, 3.63) is 0 Å². The molecular weight excluding hydrogens is 202 g/mol. The van der Waals surface area contributed by atoms with E-state index in [2.05, 4.69) is 11.6 Å². The molecule has 78 valence electrons. The first-order valence-corrected chi connectivity index (χ1v) is 7.01. The average Bonchev–Trinajstić information content (AvgIpc) is 2.15. The highest BCUT2D eigenvalue weighted by Gasteiger charge is 2.22. The quantitative estimate of drug-likeness (QED) is 0.566. The Morgan fingerprint density at radius 2 is 2.15 bits per heavy atom. The van der Waals surface area contributed by atoms with Crippen LogP contribution in [0.15, 0.2) is 0 Å². The lowest BCUT2D eigenvalue weighted by Gasteiger charge is -2.27. The number of alkyl halides is 1. The maximum atomic E-state index is 6.25. The van der Waals surface area contributed by atoms with Gasteiger partial charge in [-0.1, -0.05) is 12.8 Å². The molecule has 1 aliphatic carbocycles. The largest absolute Gasteiger partial charge is 0.316 e. The maximum Gasteiger partial charge on any atom is 0.0376 e. The van der Waals surface area contributed by atoms with Gasteiger partial charge >= 0.3 is 0 Å². The fourth-order valence-electron chi connectivity index (χ4n) is 1.85. The van der Waals surface area contributed by atoms with Crippen molar-refractivity contribution in [3.63, 3.8) is 0 Å². The summed E-state index contributed by atoms with van der Waals surface area (Å²) < 4.78 is 0. The molecule has 1 aliphatic rings. The molecule has 0 spiro atoms. The maximum absolute atomic E-state index is 6.25. The van der Waals surface area contributed by atoms with Gasteiger partial charge in [-0.2, -0.15) is 11.8 Å². The van der Waals surface area contributed by atoms with Gasteiger partial charge in [-0.3, -0.25) is 0 Å². The van der Waals surface area contributed by atoms with Gasteiger partial charge in [-0.25, -0.2) is 0 Å². The number of halogens is 1. The Morgan fingerprint density at radius 3 is 2.85 bits per heavy atom. The van der Waals surface area contributed by atoms with Crippen LogP contribution in [0.25, 0.3) is 0 Å². The first-order valence-electron chi connectivity index (χ1n) is 5.18. The van der Waals surface area contributed by atoms with Gasteiger partial charge in [0.2, 0.25) is 0 Å². The molecule has 0 bridgehead atoms. The van der Waals surface area contributed by atoms with Crippen LogP contribution in [-0.2, 0) is 0 Å². The highest BCUT2D eigenvalue weighted by molar-refractivity contribution is 7.98. The minimum Gasteiger partial charge on any atom is -0.316 e. The van der Waals surface area contributed by atoms with Crippen molar-refractivity contribution in [1.82, 2.24) is 5.32 Å². The number of rotatable bonds is 5. The van der Waals surface area contributed by atoms with Gasteiger partial charge in [0, 0.05) is 17.7 Å². The fraction of sp³-hybridized carbons (Fsp3) is 1.00. The van der Waals surface area contributed by atoms with Crippen LogP contribution in [0.1, 0.15) is 25.7 Å². The number of hydrogen-bond donors (Lipinski definition) is 1. The molecule has 0 aromatic carbocycles. The van der Waals surface area contributed by atoms with E-state index in [9.17, 15) is 0 Å². The van der Waals surface area contributed by atoms with Crippen LogP contribution < -0.4 is 5.32 Å². The van der Waals surface area contributed by atoms with Crippen molar-refractivity contribution >= 4 is 23.4 Å². The van der Waals surface area contributed by atoms with Crippen LogP contribution in [0.4, 0.5) is 0 Å². The molecule has 1 nitrogen and oxygen atoms in total. The summed E-state index contributed by atoms with van der Waals surface area (Å²) >= 11 is 8.14. The second kappa shape index (κ2) is 6.97. The first kappa shape index (κ1) is 11.7. The molecular formula is C10H20ClNS. The summed E-state index contributed by atoms with van der Waals surface area (Å²) in [5, 5.41) is 3.91. The number of thioether (sulfide) groups is 1. The van der Waals surface area contributed by atoms with Crippen molar-refractivity contribution in [2.24, 2.45) is 5.92 Å².